The molecule has 45 heavy (non-hydrogen) atoms. The Morgan fingerprint density at radius 2 is 1.80 bits per heavy atom. The third-order valence-electron chi connectivity index (χ3n) is 12.7. The van der Waals surface area contributed by atoms with Gasteiger partial charge in [-0.2, -0.15) is 5.10 Å². The summed E-state index contributed by atoms with van der Waals surface area (Å²) < 4.78 is 21.0. The smallest absolute Gasteiger partial charge is 0.342 e. The van der Waals surface area contributed by atoms with Gasteiger partial charge in [-0.1, -0.05) is 70.2 Å². The van der Waals surface area contributed by atoms with Gasteiger partial charge in [-0.15, -0.1) is 0 Å². The first-order valence-electron chi connectivity index (χ1n) is 16.4. The van der Waals surface area contributed by atoms with Crippen molar-refractivity contribution in [2.24, 2.45) is 34.0 Å². The molecular weight excluding hydrogens is 568 g/mol. The Balaban J connectivity index is 1.32. The SMILES string of the molecule is CC1=C[C@]23C(O)[C@@H](C=C4COC(C)(C)O[C@H]4[C@]2(O)[C@H]1OC(=O)c1c(C)nn(Cc2ccccc2)c1C)[C@H]1C(C)(C)C1(C)C[C@H]3C. The van der Waals surface area contributed by atoms with E-state index in [1.165, 1.54) is 0 Å². The van der Waals surface area contributed by atoms with Crippen LogP contribution in [0.2, 0.25) is 0 Å². The van der Waals surface area contributed by atoms with Crippen LogP contribution in [0.4, 0.5) is 0 Å². The summed E-state index contributed by atoms with van der Waals surface area (Å²) in [5.41, 5.74) is 1.38. The van der Waals surface area contributed by atoms with Crippen LogP contribution in [-0.4, -0.2) is 62.3 Å². The number of aromatic nitrogens is 2. The molecule has 242 valence electrons. The molecule has 2 bridgehead atoms. The largest absolute Gasteiger partial charge is 0.451 e. The third-order valence-corrected chi connectivity index (χ3v) is 12.7. The topological polar surface area (TPSA) is 103 Å². The first-order valence-corrected chi connectivity index (χ1v) is 16.4. The number of hydrogen-bond donors (Lipinski definition) is 2. The fourth-order valence-electron chi connectivity index (χ4n) is 10.3. The number of nitrogens with zero attached hydrogens (tertiary/aromatic N) is 2. The molecule has 5 aliphatic rings. The Kier molecular flexibility index (Phi) is 6.60. The van der Waals surface area contributed by atoms with Gasteiger partial charge in [0.25, 0.3) is 0 Å². The molecule has 8 heteroatoms. The number of carbonyl (C=O) groups is 1. The van der Waals surface area contributed by atoms with Crippen LogP contribution in [0.25, 0.3) is 0 Å². The van der Waals surface area contributed by atoms with Gasteiger partial charge in [0.2, 0.25) is 0 Å². The minimum atomic E-state index is -1.77. The molecule has 3 fully saturated rings. The first kappa shape index (κ1) is 30.9. The molecule has 8 nitrogen and oxygen atoms in total. The van der Waals surface area contributed by atoms with Crippen LogP contribution < -0.4 is 0 Å². The minimum Gasteiger partial charge on any atom is -0.451 e. The summed E-state index contributed by atoms with van der Waals surface area (Å²) in [7, 11) is 0. The molecular formula is C37H48N2O6. The average molecular weight is 617 g/mol. The van der Waals surface area contributed by atoms with E-state index in [9.17, 15) is 15.0 Å². The van der Waals surface area contributed by atoms with Crippen molar-refractivity contribution in [1.29, 1.82) is 0 Å². The number of ether oxygens (including phenoxy) is 3. The zero-order valence-electron chi connectivity index (χ0n) is 28.0. The quantitative estimate of drug-likeness (QED) is 0.344. The van der Waals surface area contributed by atoms with Crippen LogP contribution in [0.3, 0.4) is 0 Å². The summed E-state index contributed by atoms with van der Waals surface area (Å²) in [4.78, 5) is 14.2. The van der Waals surface area contributed by atoms with Gasteiger partial charge in [-0.05, 0) is 80.4 Å². The van der Waals surface area contributed by atoms with Crippen LogP contribution in [-0.2, 0) is 20.8 Å². The monoisotopic (exact) mass is 616 g/mol. The molecule has 1 saturated heterocycles. The fourth-order valence-corrected chi connectivity index (χ4v) is 10.3. The second-order valence-corrected chi connectivity index (χ2v) is 15.8. The number of carbonyl (C=O) groups excluding carboxylic acids is 1. The lowest BCUT2D eigenvalue weighted by Crippen LogP contribution is -2.69. The lowest BCUT2D eigenvalue weighted by Gasteiger charge is -2.55. The lowest BCUT2D eigenvalue weighted by molar-refractivity contribution is -0.312. The molecule has 1 aromatic carbocycles. The predicted molar refractivity (Wildman–Crippen MR) is 169 cm³/mol. The highest BCUT2D eigenvalue weighted by atomic mass is 16.7. The molecule has 0 amide bonds. The van der Waals surface area contributed by atoms with Gasteiger partial charge in [0, 0.05) is 5.92 Å². The standard InChI is InChI=1S/C37H48N2O6/c1-20-16-36-21(2)17-35(9)28(33(35,5)6)26(29(36)40)15-25-19-43-34(7,8)45-31(25)37(36,42)30(20)44-32(41)27-22(3)38-39(23(27)4)18-24-13-11-10-12-14-24/h10-16,21,26,28-31,40,42H,17-19H2,1-9H3/t21-,26+,28+,29?,30+,31-,35?,36+,37-/m1/s1. The average Bonchev–Trinajstić information content (AvgIpc) is 3.15. The Morgan fingerprint density at radius 3 is 2.49 bits per heavy atom. The first-order chi connectivity index (χ1) is 21.0. The third kappa shape index (κ3) is 3.98. The van der Waals surface area contributed by atoms with E-state index in [-0.39, 0.29) is 35.2 Å². The zero-order chi connectivity index (χ0) is 32.5. The fraction of sp³-hybridized carbons (Fsp3) is 0.622. The summed E-state index contributed by atoms with van der Waals surface area (Å²) in [5.74, 6) is -1.64. The maximum absolute atomic E-state index is 14.2. The number of fused-ring (bicyclic) bond motifs is 5. The van der Waals surface area contributed by atoms with Gasteiger partial charge in [-0.3, -0.25) is 4.68 Å². The molecule has 1 aliphatic heterocycles. The maximum Gasteiger partial charge on any atom is 0.342 e. The normalized spacial score (nSPS) is 40.6. The van der Waals surface area contributed by atoms with Gasteiger partial charge >= 0.3 is 5.97 Å². The van der Waals surface area contributed by atoms with Crippen LogP contribution in [0.5, 0.6) is 0 Å². The van der Waals surface area contributed by atoms with Crippen LogP contribution in [0, 0.1) is 47.8 Å². The van der Waals surface area contributed by atoms with E-state index in [1.54, 1.807) is 0 Å². The van der Waals surface area contributed by atoms with Crippen molar-refractivity contribution >= 4 is 5.97 Å². The number of aliphatic hydroxyl groups is 2. The van der Waals surface area contributed by atoms with Crippen molar-refractivity contribution in [1.82, 2.24) is 9.78 Å². The Hall–Kier alpha value is -2.78. The molecule has 4 aliphatic carbocycles. The number of hydrogen-bond acceptors (Lipinski definition) is 7. The maximum atomic E-state index is 14.2. The summed E-state index contributed by atoms with van der Waals surface area (Å²) in [6.45, 7) is 19.1. The molecule has 2 saturated carbocycles. The van der Waals surface area contributed by atoms with E-state index in [1.807, 2.05) is 75.7 Å². The minimum absolute atomic E-state index is 0.0138. The Labute approximate surface area is 266 Å². The number of aliphatic hydroxyl groups excluding tert-OH is 1. The Morgan fingerprint density at radius 1 is 1.11 bits per heavy atom. The van der Waals surface area contributed by atoms with E-state index < -0.39 is 41.1 Å². The second-order valence-electron chi connectivity index (χ2n) is 15.8. The molecule has 2 N–H and O–H groups in total. The highest BCUT2D eigenvalue weighted by Crippen LogP contribution is 2.79. The van der Waals surface area contributed by atoms with Crippen molar-refractivity contribution < 1.29 is 29.2 Å². The van der Waals surface area contributed by atoms with Crippen LogP contribution in [0.1, 0.15) is 82.2 Å². The molecule has 7 rings (SSSR count). The van der Waals surface area contributed by atoms with Crippen molar-refractivity contribution in [3.8, 4) is 0 Å². The van der Waals surface area contributed by atoms with Crippen molar-refractivity contribution in [2.45, 2.75) is 105 Å². The summed E-state index contributed by atoms with van der Waals surface area (Å²) in [6.07, 6.45) is 2.17. The van der Waals surface area contributed by atoms with E-state index in [0.717, 1.165) is 23.1 Å². The highest BCUT2D eigenvalue weighted by Gasteiger charge is 2.80. The molecule has 2 unspecified atom stereocenters. The zero-order valence-corrected chi connectivity index (χ0v) is 28.0. The van der Waals surface area contributed by atoms with Crippen LogP contribution >= 0.6 is 0 Å². The van der Waals surface area contributed by atoms with Gasteiger partial charge in [0.05, 0.1) is 36.1 Å². The van der Waals surface area contributed by atoms with Crippen LogP contribution in [0.15, 0.2) is 53.6 Å². The number of aryl methyl sites for hydroxylation is 1. The molecule has 2 heterocycles. The molecule has 1 aromatic heterocycles. The lowest BCUT2D eigenvalue weighted by atomic mass is 9.57. The van der Waals surface area contributed by atoms with Crippen molar-refractivity contribution in [2.75, 3.05) is 6.61 Å². The molecule has 0 radical (unpaired) electrons. The summed E-state index contributed by atoms with van der Waals surface area (Å²) >= 11 is 0. The van der Waals surface area contributed by atoms with E-state index >= 15 is 0 Å². The van der Waals surface area contributed by atoms with Gasteiger partial charge < -0.3 is 24.4 Å². The molecule has 2 aromatic rings. The number of esters is 1. The predicted octanol–water partition coefficient (Wildman–Crippen LogP) is 5.52. The Bertz CT molecular complexity index is 1620. The van der Waals surface area contributed by atoms with Gasteiger partial charge in [-0.25, -0.2) is 4.79 Å². The highest BCUT2D eigenvalue weighted by molar-refractivity contribution is 5.92. The second kappa shape index (κ2) is 9.63. The van der Waals surface area contributed by atoms with E-state index in [0.29, 0.717) is 23.5 Å². The summed E-state index contributed by atoms with van der Waals surface area (Å²) in [5, 5.41) is 30.7. The molecule has 1 spiro atoms. The van der Waals surface area contributed by atoms with Gasteiger partial charge in [0.15, 0.2) is 11.9 Å². The van der Waals surface area contributed by atoms with Crippen molar-refractivity contribution in [3.63, 3.8) is 0 Å². The van der Waals surface area contributed by atoms with E-state index in [4.69, 9.17) is 14.2 Å². The van der Waals surface area contributed by atoms with Gasteiger partial charge in [0.1, 0.15) is 17.3 Å². The van der Waals surface area contributed by atoms with Crippen molar-refractivity contribution in [3.05, 3.63) is 76.1 Å². The molecule has 9 atom stereocenters. The summed E-state index contributed by atoms with van der Waals surface area (Å²) in [6, 6.07) is 9.99. The van der Waals surface area contributed by atoms with E-state index in [2.05, 4.69) is 38.9 Å². The number of benzene rings is 1. The number of rotatable bonds is 4.